The molecule has 14 N–H and O–H groups in total. The van der Waals surface area contributed by atoms with Crippen molar-refractivity contribution in [3.63, 3.8) is 0 Å². The van der Waals surface area contributed by atoms with Crippen LogP contribution in [0.3, 0.4) is 0 Å². The normalized spacial score (nSPS) is 10.4. The summed E-state index contributed by atoms with van der Waals surface area (Å²) in [6.07, 6.45) is 0.956. The number of hydrogen-bond donors (Lipinski definition) is 9. The number of guanidine groups is 1. The predicted molar refractivity (Wildman–Crippen MR) is 109 cm³/mol. The van der Waals surface area contributed by atoms with Crippen molar-refractivity contribution >= 4 is 23.9 Å². The Morgan fingerprint density at radius 1 is 0.966 bits per heavy atom. The second-order valence-corrected chi connectivity index (χ2v) is 6.33. The number of carboxylic acids is 3. The highest BCUT2D eigenvalue weighted by molar-refractivity contribution is 5.75. The molecular weight excluding hydrogens is 390 g/mol. The van der Waals surface area contributed by atoms with Gasteiger partial charge < -0.3 is 53.6 Å². The maximum Gasteiger partial charge on any atom is 0.320 e. The Hall–Kier alpha value is -2.52. The maximum atomic E-state index is 10.2. The number of hydrogen-bond acceptors (Lipinski definition) is 8. The van der Waals surface area contributed by atoms with Gasteiger partial charge in [0, 0.05) is 6.54 Å². The number of rotatable bonds is 9. The van der Waals surface area contributed by atoms with Gasteiger partial charge >= 0.3 is 17.9 Å². The zero-order valence-corrected chi connectivity index (χ0v) is 17.3. The average Bonchev–Trinajstić information content (AvgIpc) is 2.58. The monoisotopic (exact) mass is 428 g/mol. The van der Waals surface area contributed by atoms with Gasteiger partial charge in [-0.25, -0.2) is 0 Å². The second-order valence-electron chi connectivity index (χ2n) is 6.33. The fraction of sp³-hybridized carbons (Fsp3) is 0.733. The van der Waals surface area contributed by atoms with Crippen LogP contribution in [0.5, 0.6) is 0 Å². The van der Waals surface area contributed by atoms with E-state index in [1.165, 1.54) is 0 Å². The first-order chi connectivity index (χ1) is 13.1. The molecule has 0 saturated carbocycles. The standard InChI is InChI=1S/C6H14N4O2.C5H14NO.2C2H5NO2/c7-4(5(11)12)2-1-3-10-6(8)9;1-6(2,3)4-5-7;2*3-1-2(4)5/h4H,1-3,7H2,(H,11,12)(H4,8,9,10);7H,4-5H2,1-3H3;2*1,3H2,(H,4,5)/q;+1;;. The average molecular weight is 429 g/mol. The van der Waals surface area contributed by atoms with E-state index in [1.54, 1.807) is 0 Å². The molecule has 0 aromatic heterocycles. The summed E-state index contributed by atoms with van der Waals surface area (Å²) in [6, 6.07) is -0.820. The van der Waals surface area contributed by atoms with Crippen LogP contribution in [0.2, 0.25) is 0 Å². The van der Waals surface area contributed by atoms with Crippen molar-refractivity contribution in [1.29, 1.82) is 0 Å². The fourth-order valence-electron chi connectivity index (χ4n) is 0.943. The SMILES string of the molecule is C[N+](C)(C)CCO.NC(N)=NCCCC(N)C(=O)O.NCC(=O)O.NCC(=O)O. The van der Waals surface area contributed by atoms with Crippen LogP contribution in [0.15, 0.2) is 4.99 Å². The summed E-state index contributed by atoms with van der Waals surface area (Å²) in [4.78, 5) is 32.4. The zero-order chi connectivity index (χ0) is 24.0. The van der Waals surface area contributed by atoms with E-state index in [-0.39, 0.29) is 25.7 Å². The summed E-state index contributed by atoms with van der Waals surface area (Å²) in [5, 5.41) is 32.0. The molecule has 0 amide bonds. The van der Waals surface area contributed by atoms with E-state index < -0.39 is 23.9 Å². The molecule has 0 aliphatic rings. The topological polar surface area (TPSA) is 275 Å². The summed E-state index contributed by atoms with van der Waals surface area (Å²) in [5.41, 5.74) is 24.5. The van der Waals surface area contributed by atoms with Crippen LogP contribution in [0.1, 0.15) is 12.8 Å². The van der Waals surface area contributed by atoms with E-state index in [0.717, 1.165) is 11.0 Å². The summed E-state index contributed by atoms with van der Waals surface area (Å²) < 4.78 is 0.844. The summed E-state index contributed by atoms with van der Waals surface area (Å²) >= 11 is 0. The molecule has 0 saturated heterocycles. The largest absolute Gasteiger partial charge is 0.480 e. The van der Waals surface area contributed by atoms with Gasteiger partial charge in [0.25, 0.3) is 0 Å². The van der Waals surface area contributed by atoms with Crippen LogP contribution in [0.4, 0.5) is 0 Å². The number of aliphatic carboxylic acids is 3. The smallest absolute Gasteiger partial charge is 0.320 e. The third-order valence-electron chi connectivity index (χ3n) is 2.40. The predicted octanol–water partition coefficient (Wildman–Crippen LogP) is -3.80. The second kappa shape index (κ2) is 21.8. The molecule has 0 aromatic carbocycles. The van der Waals surface area contributed by atoms with Gasteiger partial charge in [-0.05, 0) is 12.8 Å². The van der Waals surface area contributed by atoms with Crippen LogP contribution in [-0.2, 0) is 14.4 Å². The minimum Gasteiger partial charge on any atom is -0.480 e. The molecule has 0 rings (SSSR count). The summed E-state index contributed by atoms with van der Waals surface area (Å²) in [7, 11) is 6.16. The van der Waals surface area contributed by atoms with Crippen molar-refractivity contribution < 1.29 is 39.3 Å². The van der Waals surface area contributed by atoms with E-state index in [2.05, 4.69) is 37.6 Å². The molecular formula is C15H38N7O7+. The molecule has 0 radical (unpaired) electrons. The van der Waals surface area contributed by atoms with Crippen molar-refractivity contribution in [1.82, 2.24) is 0 Å². The van der Waals surface area contributed by atoms with E-state index >= 15 is 0 Å². The highest BCUT2D eigenvalue weighted by atomic mass is 16.4. The molecule has 0 aliphatic heterocycles. The number of carbonyl (C=O) groups is 3. The first-order valence-corrected chi connectivity index (χ1v) is 8.43. The number of aliphatic hydroxyl groups is 1. The van der Waals surface area contributed by atoms with Gasteiger partial charge in [-0.15, -0.1) is 0 Å². The Bertz CT molecular complexity index is 450. The highest BCUT2D eigenvalue weighted by Crippen LogP contribution is 1.94. The van der Waals surface area contributed by atoms with Crippen molar-refractivity contribution in [3.8, 4) is 0 Å². The number of likely N-dealkylation sites (N-methyl/N-ethyl adjacent to an activating group) is 1. The third-order valence-corrected chi connectivity index (χ3v) is 2.40. The van der Waals surface area contributed by atoms with Crippen LogP contribution >= 0.6 is 0 Å². The molecule has 0 aliphatic carbocycles. The Labute approximate surface area is 170 Å². The molecule has 14 nitrogen and oxygen atoms in total. The van der Waals surface area contributed by atoms with Gasteiger partial charge in [0.1, 0.15) is 12.6 Å². The Morgan fingerprint density at radius 2 is 1.34 bits per heavy atom. The molecule has 0 bridgehead atoms. The lowest BCUT2D eigenvalue weighted by Gasteiger charge is -2.21. The molecule has 0 spiro atoms. The molecule has 0 fully saturated rings. The number of aliphatic hydroxyl groups excluding tert-OH is 1. The van der Waals surface area contributed by atoms with E-state index in [4.69, 9.17) is 37.6 Å². The third kappa shape index (κ3) is 51.7. The molecule has 0 aromatic rings. The maximum absolute atomic E-state index is 10.2. The van der Waals surface area contributed by atoms with E-state index in [1.807, 2.05) is 0 Å². The van der Waals surface area contributed by atoms with Crippen LogP contribution in [-0.4, -0.2) is 109 Å². The molecule has 1 unspecified atom stereocenters. The van der Waals surface area contributed by atoms with Gasteiger partial charge in [-0.3, -0.25) is 19.4 Å². The first-order valence-electron chi connectivity index (χ1n) is 8.43. The molecule has 29 heavy (non-hydrogen) atoms. The van der Waals surface area contributed by atoms with E-state index in [9.17, 15) is 14.4 Å². The van der Waals surface area contributed by atoms with Crippen molar-refractivity contribution in [2.45, 2.75) is 18.9 Å². The van der Waals surface area contributed by atoms with Gasteiger partial charge in [-0.1, -0.05) is 0 Å². The van der Waals surface area contributed by atoms with Crippen LogP contribution in [0, 0.1) is 0 Å². The lowest BCUT2D eigenvalue weighted by atomic mass is 10.2. The number of nitrogens with two attached hydrogens (primary N) is 5. The number of carboxylic acid groups (broad SMARTS) is 3. The Morgan fingerprint density at radius 3 is 1.52 bits per heavy atom. The van der Waals surface area contributed by atoms with Crippen molar-refractivity contribution in [2.24, 2.45) is 33.7 Å². The number of nitrogens with zero attached hydrogens (tertiary/aromatic N) is 2. The quantitative estimate of drug-likeness (QED) is 0.0739. The van der Waals surface area contributed by atoms with Gasteiger partial charge in [0.15, 0.2) is 5.96 Å². The lowest BCUT2D eigenvalue weighted by molar-refractivity contribution is -0.870. The van der Waals surface area contributed by atoms with Crippen LogP contribution in [0.25, 0.3) is 0 Å². The molecule has 1 atom stereocenters. The lowest BCUT2D eigenvalue weighted by Crippen LogP contribution is -2.36. The van der Waals surface area contributed by atoms with Crippen LogP contribution < -0.4 is 28.7 Å². The Kier molecular flexibility index (Phi) is 25.5. The number of aliphatic imine (C=N–C) groups is 1. The number of quaternary nitrogens is 1. The molecule has 0 heterocycles. The van der Waals surface area contributed by atoms with Gasteiger partial charge in [0.05, 0.1) is 40.8 Å². The van der Waals surface area contributed by atoms with Crippen molar-refractivity contribution in [3.05, 3.63) is 0 Å². The summed E-state index contributed by atoms with van der Waals surface area (Å²) in [5.74, 6) is -2.92. The minimum absolute atomic E-state index is 0.0129. The van der Waals surface area contributed by atoms with Gasteiger partial charge in [-0.2, -0.15) is 0 Å². The van der Waals surface area contributed by atoms with Crippen molar-refractivity contribution in [2.75, 3.05) is 53.9 Å². The zero-order valence-electron chi connectivity index (χ0n) is 17.3. The highest BCUT2D eigenvalue weighted by Gasteiger charge is 2.09. The minimum atomic E-state index is -1.00. The Balaban J connectivity index is -0.000000157. The van der Waals surface area contributed by atoms with Gasteiger partial charge in [0.2, 0.25) is 0 Å². The fourth-order valence-corrected chi connectivity index (χ4v) is 0.943. The van der Waals surface area contributed by atoms with E-state index in [0.29, 0.717) is 19.4 Å². The molecule has 14 heteroatoms. The molecule has 174 valence electrons. The first kappa shape index (κ1) is 34.0. The summed E-state index contributed by atoms with van der Waals surface area (Å²) in [6.45, 7) is 0.979.